The van der Waals surface area contributed by atoms with Crippen LogP contribution in [0.3, 0.4) is 0 Å². The third-order valence-electron chi connectivity index (χ3n) is 2.27. The van der Waals surface area contributed by atoms with Crippen LogP contribution in [0.25, 0.3) is 0 Å². The Balaban J connectivity index is 2.33. The fraction of sp³-hybridized carbons (Fsp3) is 0.231. The molecule has 108 valence electrons. The number of aromatic nitrogens is 3. The average Bonchev–Trinajstić information content (AvgIpc) is 2.46. The second-order valence-electron chi connectivity index (χ2n) is 4.25. The number of nitrogens with one attached hydrogen (secondary N) is 1. The maximum absolute atomic E-state index is 9.03. The molecule has 0 amide bonds. The van der Waals surface area contributed by atoms with E-state index >= 15 is 0 Å². The molecule has 0 aliphatic carbocycles. The molecule has 3 N–H and O–H groups in total. The van der Waals surface area contributed by atoms with E-state index < -0.39 is 0 Å². The molecule has 0 bridgehead atoms. The maximum Gasteiger partial charge on any atom is 0.330 e. The summed E-state index contributed by atoms with van der Waals surface area (Å²) in [5.41, 5.74) is 2.68. The second-order valence-corrected chi connectivity index (χ2v) is 4.25. The predicted octanol–water partition coefficient (Wildman–Crippen LogP) is 1.61. The predicted molar refractivity (Wildman–Crippen MR) is 74.6 cm³/mol. The van der Waals surface area contributed by atoms with Crippen molar-refractivity contribution >= 4 is 5.95 Å². The molecule has 1 aromatic carbocycles. The molecule has 0 aliphatic heterocycles. The molecule has 0 saturated carbocycles. The molecule has 21 heavy (non-hydrogen) atoms. The number of hydrogen-bond acceptors (Lipinski definition) is 8. The van der Waals surface area contributed by atoms with Gasteiger partial charge in [0, 0.05) is 0 Å². The molecule has 8 heteroatoms. The van der Waals surface area contributed by atoms with Crippen molar-refractivity contribution in [1.29, 1.82) is 5.26 Å². The largest absolute Gasteiger partial charge is 0.461 e. The van der Waals surface area contributed by atoms with E-state index in [0.29, 0.717) is 11.3 Å². The molecule has 2 aromatic rings. The summed E-state index contributed by atoms with van der Waals surface area (Å²) in [7, 11) is 0. The van der Waals surface area contributed by atoms with Gasteiger partial charge in [0.2, 0.25) is 5.95 Å². The van der Waals surface area contributed by atoms with Gasteiger partial charge in [0.05, 0.1) is 11.7 Å². The minimum Gasteiger partial charge on any atom is -0.461 e. The fourth-order valence-electron chi connectivity index (χ4n) is 1.46. The molecular weight excluding hydrogens is 272 g/mol. The first-order valence-electron chi connectivity index (χ1n) is 6.18. The Morgan fingerprint density at radius 3 is 2.57 bits per heavy atom. The van der Waals surface area contributed by atoms with Gasteiger partial charge in [-0.3, -0.25) is 5.43 Å². The molecule has 8 nitrogen and oxygen atoms in total. The summed E-state index contributed by atoms with van der Waals surface area (Å²) in [6.45, 7) is 3.68. The summed E-state index contributed by atoms with van der Waals surface area (Å²) in [5, 5.41) is 9.03. The number of para-hydroxylation sites is 1. The highest BCUT2D eigenvalue weighted by atomic mass is 16.5. The quantitative estimate of drug-likeness (QED) is 0.628. The van der Waals surface area contributed by atoms with Gasteiger partial charge >= 0.3 is 12.0 Å². The Morgan fingerprint density at radius 1 is 1.19 bits per heavy atom. The lowest BCUT2D eigenvalue weighted by atomic mass is 10.2. The average molecular weight is 286 g/mol. The maximum atomic E-state index is 9.03. The molecule has 0 atom stereocenters. The Labute approximate surface area is 121 Å². The number of nitrogens with two attached hydrogens (primary N) is 1. The van der Waals surface area contributed by atoms with Gasteiger partial charge in [-0.2, -0.15) is 15.2 Å². The third-order valence-corrected chi connectivity index (χ3v) is 2.27. The van der Waals surface area contributed by atoms with Gasteiger partial charge in [-0.25, -0.2) is 5.84 Å². The minimum absolute atomic E-state index is 0.0173. The zero-order valence-corrected chi connectivity index (χ0v) is 11.6. The highest BCUT2D eigenvalue weighted by molar-refractivity contribution is 5.44. The van der Waals surface area contributed by atoms with Gasteiger partial charge in [0.1, 0.15) is 11.8 Å². The molecule has 1 heterocycles. The van der Waals surface area contributed by atoms with E-state index in [-0.39, 0.29) is 24.1 Å². The first-order valence-corrected chi connectivity index (χ1v) is 6.18. The molecule has 0 aliphatic rings. The van der Waals surface area contributed by atoms with Gasteiger partial charge in [0.15, 0.2) is 0 Å². The van der Waals surface area contributed by atoms with Crippen LogP contribution in [0.4, 0.5) is 5.95 Å². The van der Waals surface area contributed by atoms with Crippen molar-refractivity contribution in [3.05, 3.63) is 29.8 Å². The van der Waals surface area contributed by atoms with Crippen molar-refractivity contribution in [1.82, 2.24) is 15.0 Å². The Kier molecular flexibility index (Phi) is 4.48. The topological polar surface area (TPSA) is 119 Å². The van der Waals surface area contributed by atoms with E-state index in [0.717, 1.165) is 0 Å². The number of nitrogen functional groups attached to an aromatic ring is 1. The summed E-state index contributed by atoms with van der Waals surface area (Å²) >= 11 is 0. The number of rotatable bonds is 5. The molecule has 0 saturated heterocycles. The van der Waals surface area contributed by atoms with E-state index in [4.69, 9.17) is 20.6 Å². The Hall–Kier alpha value is -2.92. The number of nitriles is 1. The lowest BCUT2D eigenvalue weighted by molar-refractivity contribution is 0.218. The molecular formula is C13H14N6O2. The van der Waals surface area contributed by atoms with Crippen LogP contribution in [-0.2, 0) is 0 Å². The van der Waals surface area contributed by atoms with Crippen LogP contribution >= 0.6 is 0 Å². The lowest BCUT2D eigenvalue weighted by Crippen LogP contribution is -2.15. The fourth-order valence-corrected chi connectivity index (χ4v) is 1.46. The third kappa shape index (κ3) is 3.77. The standard InChI is InChI=1S/C13H14N6O2/c1-8(2)20-12-16-11(19-15)17-13(18-12)21-10-6-4-3-5-9(10)7-14/h3-6,8H,15H2,1-2H3,(H,16,17,18,19). The van der Waals surface area contributed by atoms with Crippen molar-refractivity contribution in [2.24, 2.45) is 5.84 Å². The van der Waals surface area contributed by atoms with Crippen LogP contribution in [0.15, 0.2) is 24.3 Å². The van der Waals surface area contributed by atoms with Gasteiger partial charge in [-0.15, -0.1) is 4.98 Å². The number of benzene rings is 1. The summed E-state index contributed by atoms with van der Waals surface area (Å²) in [6, 6.07) is 8.83. The van der Waals surface area contributed by atoms with E-state index in [1.165, 1.54) is 0 Å². The Bertz CT molecular complexity index is 668. The number of nitrogens with zero attached hydrogens (tertiary/aromatic N) is 4. The van der Waals surface area contributed by atoms with Crippen LogP contribution in [-0.4, -0.2) is 21.1 Å². The molecule has 0 spiro atoms. The highest BCUT2D eigenvalue weighted by Crippen LogP contribution is 2.23. The molecule has 0 unspecified atom stereocenters. The van der Waals surface area contributed by atoms with Gasteiger partial charge in [-0.1, -0.05) is 12.1 Å². The monoisotopic (exact) mass is 286 g/mol. The first-order chi connectivity index (χ1) is 10.1. The van der Waals surface area contributed by atoms with E-state index in [1.54, 1.807) is 24.3 Å². The number of hydrogen-bond donors (Lipinski definition) is 2. The smallest absolute Gasteiger partial charge is 0.330 e. The van der Waals surface area contributed by atoms with Gasteiger partial charge < -0.3 is 9.47 Å². The molecule has 0 fully saturated rings. The first kappa shape index (κ1) is 14.5. The van der Waals surface area contributed by atoms with Gasteiger partial charge in [0.25, 0.3) is 0 Å². The van der Waals surface area contributed by atoms with Crippen molar-refractivity contribution < 1.29 is 9.47 Å². The molecule has 0 radical (unpaired) electrons. The van der Waals surface area contributed by atoms with Crippen LogP contribution in [0.5, 0.6) is 17.8 Å². The summed E-state index contributed by atoms with van der Waals surface area (Å²) < 4.78 is 10.9. The highest BCUT2D eigenvalue weighted by Gasteiger charge is 2.12. The van der Waals surface area contributed by atoms with Crippen LogP contribution < -0.4 is 20.7 Å². The van der Waals surface area contributed by atoms with E-state index in [2.05, 4.69) is 20.4 Å². The SMILES string of the molecule is CC(C)Oc1nc(NN)nc(Oc2ccccc2C#N)n1. The zero-order chi connectivity index (χ0) is 15.2. The zero-order valence-electron chi connectivity index (χ0n) is 11.6. The molecule has 2 rings (SSSR count). The van der Waals surface area contributed by atoms with Crippen LogP contribution in [0.1, 0.15) is 19.4 Å². The van der Waals surface area contributed by atoms with E-state index in [9.17, 15) is 0 Å². The number of anilines is 1. The van der Waals surface area contributed by atoms with Crippen molar-refractivity contribution in [3.63, 3.8) is 0 Å². The van der Waals surface area contributed by atoms with Crippen LogP contribution in [0.2, 0.25) is 0 Å². The molecule has 1 aromatic heterocycles. The normalized spacial score (nSPS) is 10.0. The van der Waals surface area contributed by atoms with E-state index in [1.807, 2.05) is 19.9 Å². The van der Waals surface area contributed by atoms with Crippen molar-refractivity contribution in [2.45, 2.75) is 20.0 Å². The summed E-state index contributed by atoms with van der Waals surface area (Å²) in [6.07, 6.45) is -0.114. The van der Waals surface area contributed by atoms with Crippen LogP contribution in [0, 0.1) is 11.3 Å². The number of ether oxygens (including phenoxy) is 2. The minimum atomic E-state index is -0.114. The number of hydrazine groups is 1. The van der Waals surface area contributed by atoms with Crippen molar-refractivity contribution in [2.75, 3.05) is 5.43 Å². The summed E-state index contributed by atoms with van der Waals surface area (Å²) in [5.74, 6) is 5.74. The summed E-state index contributed by atoms with van der Waals surface area (Å²) in [4.78, 5) is 11.9. The lowest BCUT2D eigenvalue weighted by Gasteiger charge is -2.10. The van der Waals surface area contributed by atoms with Crippen molar-refractivity contribution in [3.8, 4) is 23.8 Å². The van der Waals surface area contributed by atoms with Gasteiger partial charge in [-0.05, 0) is 26.0 Å². The Morgan fingerprint density at radius 2 is 1.90 bits per heavy atom. The second kappa shape index (κ2) is 6.49.